The van der Waals surface area contributed by atoms with Crippen LogP contribution >= 0.6 is 22.7 Å². The SMILES string of the molecule is COc1cc2c(cc1OC)C(c1cccs1)N(C(=O)c1ccc(C)s1)CC2. The maximum Gasteiger partial charge on any atom is 0.264 e. The van der Waals surface area contributed by atoms with Crippen LogP contribution < -0.4 is 9.47 Å². The summed E-state index contributed by atoms with van der Waals surface area (Å²) in [6.45, 7) is 2.71. The second kappa shape index (κ2) is 7.37. The van der Waals surface area contributed by atoms with E-state index in [2.05, 4.69) is 11.4 Å². The van der Waals surface area contributed by atoms with Crippen molar-refractivity contribution in [3.05, 3.63) is 67.5 Å². The highest BCUT2D eigenvalue weighted by atomic mass is 32.1. The molecule has 0 saturated carbocycles. The number of hydrogen-bond donors (Lipinski definition) is 0. The molecule has 1 aliphatic heterocycles. The first-order chi connectivity index (χ1) is 13.1. The van der Waals surface area contributed by atoms with Gasteiger partial charge in [-0.15, -0.1) is 22.7 Å². The van der Waals surface area contributed by atoms with Gasteiger partial charge in [0.15, 0.2) is 11.5 Å². The summed E-state index contributed by atoms with van der Waals surface area (Å²) in [5.41, 5.74) is 2.32. The molecule has 1 atom stereocenters. The Labute approximate surface area is 167 Å². The van der Waals surface area contributed by atoms with Gasteiger partial charge in [-0.1, -0.05) is 6.07 Å². The van der Waals surface area contributed by atoms with Gasteiger partial charge in [-0.25, -0.2) is 0 Å². The first kappa shape index (κ1) is 18.1. The first-order valence-electron chi connectivity index (χ1n) is 8.78. The summed E-state index contributed by atoms with van der Waals surface area (Å²) in [6, 6.07) is 12.0. The van der Waals surface area contributed by atoms with Gasteiger partial charge in [0.25, 0.3) is 5.91 Å². The minimum absolute atomic E-state index is 0.0898. The van der Waals surface area contributed by atoms with Gasteiger partial charge >= 0.3 is 0 Å². The summed E-state index contributed by atoms with van der Waals surface area (Å²) in [6.07, 6.45) is 0.799. The molecule has 3 heterocycles. The molecule has 140 valence electrons. The van der Waals surface area contributed by atoms with Crippen molar-refractivity contribution in [2.75, 3.05) is 20.8 Å². The van der Waals surface area contributed by atoms with Gasteiger partial charge in [-0.2, -0.15) is 0 Å². The number of nitrogens with zero attached hydrogens (tertiary/aromatic N) is 1. The number of thiophene rings is 2. The van der Waals surface area contributed by atoms with Gasteiger partial charge in [0.05, 0.1) is 25.1 Å². The number of amides is 1. The molecule has 3 aromatic rings. The van der Waals surface area contributed by atoms with Crippen LogP contribution in [0.1, 0.15) is 36.6 Å². The third kappa shape index (κ3) is 3.24. The number of rotatable bonds is 4. The quantitative estimate of drug-likeness (QED) is 0.625. The Bertz CT molecular complexity index is 962. The molecule has 0 aliphatic carbocycles. The molecule has 0 saturated heterocycles. The van der Waals surface area contributed by atoms with E-state index in [1.54, 1.807) is 36.9 Å². The van der Waals surface area contributed by atoms with Crippen LogP contribution in [-0.4, -0.2) is 31.6 Å². The predicted octanol–water partition coefficient (Wildman–Crippen LogP) is 4.92. The van der Waals surface area contributed by atoms with Crippen LogP contribution in [0.25, 0.3) is 0 Å². The van der Waals surface area contributed by atoms with Crippen molar-refractivity contribution < 1.29 is 14.3 Å². The highest BCUT2D eigenvalue weighted by Gasteiger charge is 2.34. The van der Waals surface area contributed by atoms with Crippen LogP contribution in [0.2, 0.25) is 0 Å². The van der Waals surface area contributed by atoms with Crippen molar-refractivity contribution in [2.45, 2.75) is 19.4 Å². The zero-order valence-electron chi connectivity index (χ0n) is 15.5. The monoisotopic (exact) mass is 399 g/mol. The molecule has 1 amide bonds. The van der Waals surface area contributed by atoms with Gasteiger partial charge < -0.3 is 14.4 Å². The molecule has 4 nitrogen and oxygen atoms in total. The Balaban J connectivity index is 1.82. The summed E-state index contributed by atoms with van der Waals surface area (Å²) >= 11 is 3.23. The Hall–Kier alpha value is -2.31. The normalized spacial score (nSPS) is 16.1. The lowest BCUT2D eigenvalue weighted by molar-refractivity contribution is 0.0702. The lowest BCUT2D eigenvalue weighted by Gasteiger charge is -2.37. The Kier molecular flexibility index (Phi) is 4.93. The fraction of sp³-hybridized carbons (Fsp3) is 0.286. The summed E-state index contributed by atoms with van der Waals surface area (Å²) in [4.78, 5) is 18.4. The van der Waals surface area contributed by atoms with E-state index in [0.717, 1.165) is 32.4 Å². The van der Waals surface area contributed by atoms with E-state index in [4.69, 9.17) is 9.47 Å². The molecule has 6 heteroatoms. The molecule has 0 fully saturated rings. The van der Waals surface area contributed by atoms with E-state index in [9.17, 15) is 4.79 Å². The number of carbonyl (C=O) groups excluding carboxylic acids is 1. The van der Waals surface area contributed by atoms with Gasteiger partial charge in [0.2, 0.25) is 0 Å². The molecule has 1 unspecified atom stereocenters. The first-order valence-corrected chi connectivity index (χ1v) is 10.5. The zero-order valence-corrected chi connectivity index (χ0v) is 17.2. The van der Waals surface area contributed by atoms with Crippen molar-refractivity contribution in [1.82, 2.24) is 4.90 Å². The molecule has 27 heavy (non-hydrogen) atoms. The van der Waals surface area contributed by atoms with Crippen molar-refractivity contribution in [1.29, 1.82) is 0 Å². The van der Waals surface area contributed by atoms with Crippen LogP contribution in [0.4, 0.5) is 0 Å². The van der Waals surface area contributed by atoms with Crippen LogP contribution in [0.15, 0.2) is 41.8 Å². The average Bonchev–Trinajstić information content (AvgIpc) is 3.37. The Morgan fingerprint density at radius 2 is 1.93 bits per heavy atom. The Morgan fingerprint density at radius 3 is 2.56 bits per heavy atom. The van der Waals surface area contributed by atoms with Gasteiger partial charge in [0, 0.05) is 16.3 Å². The molecule has 1 aromatic carbocycles. The van der Waals surface area contributed by atoms with Crippen molar-refractivity contribution in [3.63, 3.8) is 0 Å². The summed E-state index contributed by atoms with van der Waals surface area (Å²) in [5.74, 6) is 1.51. The summed E-state index contributed by atoms with van der Waals surface area (Å²) in [5, 5.41) is 2.06. The molecule has 0 radical (unpaired) electrons. The standard InChI is InChI=1S/C21H21NO3S2/c1-13-6-7-19(27-13)21(23)22-9-8-14-11-16(24-2)17(25-3)12-15(14)20(22)18-5-4-10-26-18/h4-7,10-12,20H,8-9H2,1-3H3. The zero-order chi connectivity index (χ0) is 19.0. The number of aryl methyl sites for hydroxylation is 1. The second-order valence-electron chi connectivity index (χ2n) is 6.48. The number of hydrogen-bond acceptors (Lipinski definition) is 5. The third-order valence-corrected chi connectivity index (χ3v) is 6.81. The third-order valence-electron chi connectivity index (χ3n) is 4.90. The van der Waals surface area contributed by atoms with Gasteiger partial charge in [0.1, 0.15) is 0 Å². The molecule has 4 rings (SSSR count). The molecular formula is C21H21NO3S2. The maximum absolute atomic E-state index is 13.3. The number of fused-ring (bicyclic) bond motifs is 1. The molecule has 0 spiro atoms. The van der Waals surface area contributed by atoms with Crippen molar-refractivity contribution in [2.24, 2.45) is 0 Å². The summed E-state index contributed by atoms with van der Waals surface area (Å²) < 4.78 is 11.0. The lowest BCUT2D eigenvalue weighted by atomic mass is 9.90. The van der Waals surface area contributed by atoms with E-state index in [-0.39, 0.29) is 11.9 Å². The maximum atomic E-state index is 13.3. The van der Waals surface area contributed by atoms with E-state index in [1.807, 2.05) is 42.2 Å². The molecular weight excluding hydrogens is 378 g/mol. The van der Waals surface area contributed by atoms with Gasteiger partial charge in [-0.3, -0.25) is 4.79 Å². The molecule has 1 aliphatic rings. The fourth-order valence-electron chi connectivity index (χ4n) is 3.61. The molecule has 0 bridgehead atoms. The number of methoxy groups -OCH3 is 2. The van der Waals surface area contributed by atoms with E-state index >= 15 is 0 Å². The lowest BCUT2D eigenvalue weighted by Crippen LogP contribution is -2.40. The van der Waals surface area contributed by atoms with Gasteiger partial charge in [-0.05, 0) is 60.2 Å². The predicted molar refractivity (Wildman–Crippen MR) is 110 cm³/mol. The minimum Gasteiger partial charge on any atom is -0.493 e. The van der Waals surface area contributed by atoms with Crippen LogP contribution in [0, 0.1) is 6.92 Å². The second-order valence-corrected chi connectivity index (χ2v) is 8.75. The van der Waals surface area contributed by atoms with Crippen LogP contribution in [0.5, 0.6) is 11.5 Å². The van der Waals surface area contributed by atoms with E-state index in [0.29, 0.717) is 12.3 Å². The van der Waals surface area contributed by atoms with Crippen LogP contribution in [-0.2, 0) is 6.42 Å². The molecule has 2 aromatic heterocycles. The number of carbonyl (C=O) groups is 1. The van der Waals surface area contributed by atoms with E-state index < -0.39 is 0 Å². The van der Waals surface area contributed by atoms with Crippen LogP contribution in [0.3, 0.4) is 0 Å². The number of benzene rings is 1. The average molecular weight is 400 g/mol. The highest BCUT2D eigenvalue weighted by molar-refractivity contribution is 7.14. The smallest absolute Gasteiger partial charge is 0.264 e. The Morgan fingerprint density at radius 1 is 1.15 bits per heavy atom. The summed E-state index contributed by atoms with van der Waals surface area (Å²) in [7, 11) is 3.29. The highest BCUT2D eigenvalue weighted by Crippen LogP contribution is 2.42. The van der Waals surface area contributed by atoms with E-state index in [1.165, 1.54) is 5.56 Å². The number of ether oxygens (including phenoxy) is 2. The van der Waals surface area contributed by atoms with Crippen molar-refractivity contribution >= 4 is 28.6 Å². The largest absolute Gasteiger partial charge is 0.493 e. The fourth-order valence-corrected chi connectivity index (χ4v) is 5.29. The molecule has 0 N–H and O–H groups in total. The van der Waals surface area contributed by atoms with Crippen molar-refractivity contribution in [3.8, 4) is 11.5 Å². The topological polar surface area (TPSA) is 38.8 Å². The minimum atomic E-state index is -0.108.